The highest BCUT2D eigenvalue weighted by Crippen LogP contribution is 2.31. The van der Waals surface area contributed by atoms with Gasteiger partial charge in [0.05, 0.1) is 0 Å². The largest absolute Gasteiger partial charge is 0.0588 e. The van der Waals surface area contributed by atoms with Gasteiger partial charge >= 0.3 is 0 Å². The molecule has 5 aromatic rings. The zero-order valence-electron chi connectivity index (χ0n) is 33.1. The van der Waals surface area contributed by atoms with Crippen LogP contribution in [-0.2, 0) is 103 Å². The van der Waals surface area contributed by atoms with E-state index in [1.165, 1.54) is 176 Å². The number of hydrogen-bond acceptors (Lipinski definition) is 0. The predicted molar refractivity (Wildman–Crippen MR) is 228 cm³/mol. The molecule has 0 atom stereocenters. The van der Waals surface area contributed by atoms with Crippen LogP contribution in [0.3, 0.4) is 0 Å². The van der Waals surface area contributed by atoms with Crippen LogP contribution in [-0.4, -0.2) is 0 Å². The molecule has 0 radical (unpaired) electrons. The van der Waals surface area contributed by atoms with Crippen molar-refractivity contribution < 1.29 is 0 Å². The molecule has 0 aliphatic heterocycles. The molecular weight excluding hydrogens is 649 g/mol. The lowest BCUT2D eigenvalue weighted by atomic mass is 9.83. The van der Waals surface area contributed by atoms with E-state index in [-0.39, 0.29) is 0 Å². The molecule has 0 N–H and O–H groups in total. The predicted octanol–water partition coefficient (Wildman–Crippen LogP) is 12.3. The van der Waals surface area contributed by atoms with Gasteiger partial charge in [-0.3, -0.25) is 0 Å². The van der Waals surface area contributed by atoms with Gasteiger partial charge in [-0.25, -0.2) is 0 Å². The number of rotatable bonds is 0. The van der Waals surface area contributed by atoms with Crippen LogP contribution in [0.1, 0.15) is 140 Å². The van der Waals surface area contributed by atoms with E-state index < -0.39 is 0 Å². The molecule has 16 aliphatic carbocycles. The Morgan fingerprint density at radius 2 is 0.296 bits per heavy atom. The third-order valence-corrected chi connectivity index (χ3v) is 13.8. The fraction of sp³-hybridized carbons (Fsp3) is 0.444. The maximum Gasteiger partial charge on any atom is -0.0273 e. The first-order valence-electron chi connectivity index (χ1n) is 22.3. The summed E-state index contributed by atoms with van der Waals surface area (Å²) in [4.78, 5) is 0. The minimum atomic E-state index is 1.19. The second kappa shape index (κ2) is 16.9. The highest BCUT2D eigenvalue weighted by Gasteiger charge is 2.18. The summed E-state index contributed by atoms with van der Waals surface area (Å²) in [5.41, 5.74) is 25.9. The van der Waals surface area contributed by atoms with E-state index >= 15 is 0 Å². The van der Waals surface area contributed by atoms with Gasteiger partial charge in [0, 0.05) is 0 Å². The van der Waals surface area contributed by atoms with Crippen molar-refractivity contribution in [1.82, 2.24) is 0 Å². The average molecular weight is 711 g/mol. The Balaban J connectivity index is 0.981. The Labute approximate surface area is 326 Å². The standard InChI is InChI=1S/C54H62/c1-9-39-25-27-40(28-26-39)10-2-14-44-34-47-17-5-21-51-37-54-24-8-20-50-36-45-15-3-11-41-29-31-42(32-30-41)12-4-16-46(50)35-49(45)19-7-23-53(51)38-52(54)22-6-18-48(44)33-43(47)13-1/h25-38H,1-24H2. The van der Waals surface area contributed by atoms with Gasteiger partial charge in [-0.15, -0.1) is 0 Å². The van der Waals surface area contributed by atoms with Gasteiger partial charge < -0.3 is 0 Å². The maximum atomic E-state index is 2.72. The lowest BCUT2D eigenvalue weighted by Crippen LogP contribution is -2.10. The molecule has 21 rings (SSSR count). The van der Waals surface area contributed by atoms with Crippen molar-refractivity contribution in [2.24, 2.45) is 0 Å². The van der Waals surface area contributed by atoms with Crippen LogP contribution in [0.2, 0.25) is 0 Å². The molecule has 278 valence electrons. The minimum absolute atomic E-state index is 1.19. The third-order valence-electron chi connectivity index (χ3n) is 13.8. The molecule has 0 aromatic heterocycles. The van der Waals surface area contributed by atoms with Gasteiger partial charge in [-0.05, 0) is 243 Å². The Hall–Kier alpha value is -3.90. The van der Waals surface area contributed by atoms with Gasteiger partial charge in [0.15, 0.2) is 0 Å². The van der Waals surface area contributed by atoms with E-state index in [0.717, 1.165) is 0 Å². The summed E-state index contributed by atoms with van der Waals surface area (Å²) in [6, 6.07) is 35.3. The molecule has 0 unspecified atom stereocenters. The monoisotopic (exact) mass is 710 g/mol. The molecular formula is C54H62. The fourth-order valence-electron chi connectivity index (χ4n) is 10.7. The summed E-state index contributed by atoms with van der Waals surface area (Å²) in [6.45, 7) is 0. The Morgan fingerprint density at radius 3 is 0.444 bits per heavy atom. The summed E-state index contributed by atoms with van der Waals surface area (Å²) in [7, 11) is 0. The van der Waals surface area contributed by atoms with E-state index in [0.29, 0.717) is 0 Å². The van der Waals surface area contributed by atoms with Crippen LogP contribution in [0.25, 0.3) is 0 Å². The summed E-state index contributed by atoms with van der Waals surface area (Å²) < 4.78 is 0. The molecule has 0 heteroatoms. The highest BCUT2D eigenvalue weighted by atomic mass is 14.2. The van der Waals surface area contributed by atoms with Crippen LogP contribution in [0.4, 0.5) is 0 Å². The summed E-state index contributed by atoms with van der Waals surface area (Å²) >= 11 is 0. The van der Waals surface area contributed by atoms with E-state index in [9.17, 15) is 0 Å². The van der Waals surface area contributed by atoms with Crippen molar-refractivity contribution in [3.8, 4) is 0 Å². The quantitative estimate of drug-likeness (QED) is 0.150. The van der Waals surface area contributed by atoms with E-state index in [1.807, 2.05) is 0 Å². The van der Waals surface area contributed by atoms with Crippen LogP contribution < -0.4 is 0 Å². The molecule has 0 saturated heterocycles. The van der Waals surface area contributed by atoms with Crippen LogP contribution in [0.5, 0.6) is 0 Å². The molecule has 0 fully saturated rings. The number of aryl methyl sites for hydroxylation is 16. The summed E-state index contributed by atoms with van der Waals surface area (Å²) in [6.07, 6.45) is 29.4. The third kappa shape index (κ3) is 8.49. The SMILES string of the molecule is c1cc2ccc1CCCc1cc3c(cc1CCCc1cc4c(cc1CCCc1cc5c(cc1CCCc1ccc(cc1)CCC5)CCC4)CCC3)CCC2. The second-order valence-electron chi connectivity index (χ2n) is 17.6. The Morgan fingerprint density at radius 1 is 0.167 bits per heavy atom. The smallest absolute Gasteiger partial charge is 0.0273 e. The Kier molecular flexibility index (Phi) is 11.2. The van der Waals surface area contributed by atoms with Crippen LogP contribution in [0.15, 0.2) is 84.9 Å². The minimum Gasteiger partial charge on any atom is -0.0588 e. The lowest BCUT2D eigenvalue weighted by molar-refractivity contribution is 0.719. The zero-order valence-corrected chi connectivity index (χ0v) is 33.1. The first-order valence-corrected chi connectivity index (χ1v) is 22.3. The van der Waals surface area contributed by atoms with Crippen molar-refractivity contribution in [3.63, 3.8) is 0 Å². The molecule has 0 spiro atoms. The van der Waals surface area contributed by atoms with Crippen LogP contribution in [0, 0.1) is 0 Å². The topological polar surface area (TPSA) is 0 Å². The fourth-order valence-corrected chi connectivity index (χ4v) is 10.7. The number of benzene rings is 5. The highest BCUT2D eigenvalue weighted by molar-refractivity contribution is 5.44. The lowest BCUT2D eigenvalue weighted by Gasteiger charge is -2.22. The summed E-state index contributed by atoms with van der Waals surface area (Å²) in [5, 5.41) is 0. The van der Waals surface area contributed by atoms with Gasteiger partial charge in [-0.2, -0.15) is 0 Å². The van der Waals surface area contributed by atoms with Crippen LogP contribution >= 0.6 is 0 Å². The first kappa shape index (κ1) is 35.8. The molecule has 0 heterocycles. The van der Waals surface area contributed by atoms with Gasteiger partial charge in [0.1, 0.15) is 0 Å². The first-order chi connectivity index (χ1) is 26.7. The molecule has 0 amide bonds. The van der Waals surface area contributed by atoms with Gasteiger partial charge in [0.2, 0.25) is 0 Å². The van der Waals surface area contributed by atoms with Crippen molar-refractivity contribution in [2.45, 2.75) is 154 Å². The van der Waals surface area contributed by atoms with E-state index in [1.54, 1.807) is 66.8 Å². The van der Waals surface area contributed by atoms with Crippen molar-refractivity contribution >= 4 is 0 Å². The maximum absolute atomic E-state index is 2.72. The van der Waals surface area contributed by atoms with Gasteiger partial charge in [0.25, 0.3) is 0 Å². The van der Waals surface area contributed by atoms with Crippen molar-refractivity contribution in [3.05, 3.63) is 174 Å². The molecule has 16 aliphatic rings. The second-order valence-corrected chi connectivity index (χ2v) is 17.6. The Bertz CT molecular complexity index is 1760. The normalized spacial score (nSPS) is 18.1. The molecule has 0 saturated carbocycles. The molecule has 5 aromatic carbocycles. The van der Waals surface area contributed by atoms with Crippen molar-refractivity contribution in [1.29, 1.82) is 0 Å². The van der Waals surface area contributed by atoms with E-state index in [2.05, 4.69) is 84.9 Å². The zero-order chi connectivity index (χ0) is 36.1. The average Bonchev–Trinajstić information content (AvgIpc) is 3.19. The molecule has 16 bridgehead atoms. The summed E-state index contributed by atoms with van der Waals surface area (Å²) in [5.74, 6) is 0. The molecule has 54 heavy (non-hydrogen) atoms. The molecule has 0 nitrogen and oxygen atoms in total. The van der Waals surface area contributed by atoms with E-state index in [4.69, 9.17) is 0 Å². The van der Waals surface area contributed by atoms with Crippen molar-refractivity contribution in [2.75, 3.05) is 0 Å². The number of hydrogen-bond donors (Lipinski definition) is 0. The van der Waals surface area contributed by atoms with Gasteiger partial charge in [-0.1, -0.05) is 84.9 Å².